The maximum atomic E-state index is 6.12. The molecule has 1 fully saturated rings. The lowest BCUT2D eigenvalue weighted by Crippen LogP contribution is -2.40. The Morgan fingerprint density at radius 3 is 2.81 bits per heavy atom. The van der Waals surface area contributed by atoms with Gasteiger partial charge in [0.15, 0.2) is 0 Å². The molecule has 2 heterocycles. The Labute approximate surface area is 109 Å². The highest BCUT2D eigenvalue weighted by molar-refractivity contribution is 9.10. The van der Waals surface area contributed by atoms with Crippen LogP contribution < -0.4 is 5.32 Å². The van der Waals surface area contributed by atoms with Gasteiger partial charge in [0, 0.05) is 29.4 Å². The Bertz CT molecular complexity index is 380. The molecule has 0 radical (unpaired) electrons. The van der Waals surface area contributed by atoms with Gasteiger partial charge in [-0.2, -0.15) is 0 Å². The first kappa shape index (κ1) is 12.1. The molecule has 1 saturated heterocycles. The lowest BCUT2D eigenvalue weighted by molar-refractivity contribution is 0.0657. The van der Waals surface area contributed by atoms with Gasteiger partial charge in [-0.15, -0.1) is 0 Å². The van der Waals surface area contributed by atoms with Crippen molar-refractivity contribution in [1.29, 1.82) is 0 Å². The molecule has 0 aromatic carbocycles. The Hall–Kier alpha value is -0.320. The van der Waals surface area contributed by atoms with E-state index in [2.05, 4.69) is 33.2 Å². The topological polar surface area (TPSA) is 34.2 Å². The lowest BCUT2D eigenvalue weighted by Gasteiger charge is -2.35. The van der Waals surface area contributed by atoms with Gasteiger partial charge in [0.25, 0.3) is 0 Å². The smallest absolute Gasteiger partial charge is 0.145 e. The Kier molecular flexibility index (Phi) is 3.72. The standard InChI is InChI=1S/C11H14BrClN2O/c1-11(2-4-16-5-3-11)15-10-9(13)6-8(12)7-14-10/h6-7H,2-5H2,1H3,(H,14,15). The van der Waals surface area contributed by atoms with Crippen LogP contribution in [0.4, 0.5) is 5.82 Å². The van der Waals surface area contributed by atoms with E-state index in [4.69, 9.17) is 16.3 Å². The second-order valence-electron chi connectivity index (χ2n) is 4.28. The summed E-state index contributed by atoms with van der Waals surface area (Å²) in [6, 6.07) is 1.85. The van der Waals surface area contributed by atoms with Crippen molar-refractivity contribution in [1.82, 2.24) is 4.98 Å². The Morgan fingerprint density at radius 2 is 2.19 bits per heavy atom. The summed E-state index contributed by atoms with van der Waals surface area (Å²) < 4.78 is 6.24. The molecule has 1 aromatic heterocycles. The molecule has 1 aliphatic heterocycles. The van der Waals surface area contributed by atoms with E-state index in [1.807, 2.05) is 6.07 Å². The average molecular weight is 306 g/mol. The average Bonchev–Trinajstić information content (AvgIpc) is 2.23. The third kappa shape index (κ3) is 2.87. The highest BCUT2D eigenvalue weighted by Crippen LogP contribution is 2.29. The molecule has 1 aliphatic rings. The molecule has 2 rings (SSSR count). The first-order valence-corrected chi connectivity index (χ1v) is 6.43. The van der Waals surface area contributed by atoms with E-state index >= 15 is 0 Å². The molecule has 3 nitrogen and oxygen atoms in total. The van der Waals surface area contributed by atoms with Crippen molar-refractivity contribution < 1.29 is 4.74 Å². The fourth-order valence-electron chi connectivity index (χ4n) is 1.74. The van der Waals surface area contributed by atoms with Crippen molar-refractivity contribution in [3.63, 3.8) is 0 Å². The number of anilines is 1. The maximum absolute atomic E-state index is 6.12. The molecule has 1 N–H and O–H groups in total. The van der Waals surface area contributed by atoms with Crippen molar-refractivity contribution in [3.8, 4) is 0 Å². The predicted molar refractivity (Wildman–Crippen MR) is 69.0 cm³/mol. The highest BCUT2D eigenvalue weighted by Gasteiger charge is 2.28. The van der Waals surface area contributed by atoms with Gasteiger partial charge in [0.05, 0.1) is 5.02 Å². The molecule has 0 aliphatic carbocycles. The molecule has 0 spiro atoms. The Morgan fingerprint density at radius 1 is 1.50 bits per heavy atom. The van der Waals surface area contributed by atoms with Gasteiger partial charge >= 0.3 is 0 Å². The summed E-state index contributed by atoms with van der Waals surface area (Å²) in [4.78, 5) is 4.29. The summed E-state index contributed by atoms with van der Waals surface area (Å²) in [5.74, 6) is 0.745. The third-order valence-corrected chi connectivity index (χ3v) is 3.55. The van der Waals surface area contributed by atoms with Crippen molar-refractivity contribution in [2.45, 2.75) is 25.3 Å². The van der Waals surface area contributed by atoms with Crippen LogP contribution >= 0.6 is 27.5 Å². The van der Waals surface area contributed by atoms with E-state index in [1.54, 1.807) is 6.20 Å². The van der Waals surface area contributed by atoms with Crippen LogP contribution in [0.1, 0.15) is 19.8 Å². The number of nitrogens with zero attached hydrogens (tertiary/aromatic N) is 1. The first-order valence-electron chi connectivity index (χ1n) is 5.26. The second kappa shape index (κ2) is 4.90. The quantitative estimate of drug-likeness (QED) is 0.908. The molecule has 0 bridgehead atoms. The highest BCUT2D eigenvalue weighted by atomic mass is 79.9. The molecule has 0 atom stereocenters. The van der Waals surface area contributed by atoms with Crippen LogP contribution in [-0.4, -0.2) is 23.7 Å². The van der Waals surface area contributed by atoms with Crippen LogP contribution in [0.5, 0.6) is 0 Å². The number of halogens is 2. The molecular formula is C11H14BrClN2O. The van der Waals surface area contributed by atoms with Gasteiger partial charge in [-0.1, -0.05) is 11.6 Å². The molecule has 5 heteroatoms. The number of rotatable bonds is 2. The van der Waals surface area contributed by atoms with Gasteiger partial charge in [0.2, 0.25) is 0 Å². The van der Waals surface area contributed by atoms with E-state index < -0.39 is 0 Å². The molecule has 0 saturated carbocycles. The summed E-state index contributed by atoms with van der Waals surface area (Å²) in [7, 11) is 0. The van der Waals surface area contributed by atoms with E-state index in [0.717, 1.165) is 36.3 Å². The van der Waals surface area contributed by atoms with Crippen molar-refractivity contribution in [2.24, 2.45) is 0 Å². The van der Waals surface area contributed by atoms with Crippen molar-refractivity contribution >= 4 is 33.3 Å². The van der Waals surface area contributed by atoms with Gasteiger partial charge in [-0.25, -0.2) is 4.98 Å². The summed E-state index contributed by atoms with van der Waals surface area (Å²) in [5, 5.41) is 4.05. The number of hydrogen-bond donors (Lipinski definition) is 1. The van der Waals surface area contributed by atoms with Gasteiger partial charge < -0.3 is 10.1 Å². The monoisotopic (exact) mass is 304 g/mol. The molecule has 1 aromatic rings. The van der Waals surface area contributed by atoms with E-state index in [-0.39, 0.29) is 5.54 Å². The van der Waals surface area contributed by atoms with Crippen LogP contribution in [0.15, 0.2) is 16.7 Å². The SMILES string of the molecule is CC1(Nc2ncc(Br)cc2Cl)CCOCC1. The van der Waals surface area contributed by atoms with Crippen molar-refractivity contribution in [3.05, 3.63) is 21.8 Å². The number of aromatic nitrogens is 1. The molecule has 16 heavy (non-hydrogen) atoms. The van der Waals surface area contributed by atoms with Crippen LogP contribution in [0.3, 0.4) is 0 Å². The fraction of sp³-hybridized carbons (Fsp3) is 0.545. The molecule has 0 unspecified atom stereocenters. The van der Waals surface area contributed by atoms with Gasteiger partial charge in [0.1, 0.15) is 5.82 Å². The first-order chi connectivity index (χ1) is 7.59. The number of ether oxygens (including phenoxy) is 1. The molecule has 0 amide bonds. The zero-order valence-corrected chi connectivity index (χ0v) is 11.4. The maximum Gasteiger partial charge on any atom is 0.145 e. The van der Waals surface area contributed by atoms with Crippen LogP contribution in [0, 0.1) is 0 Å². The summed E-state index contributed by atoms with van der Waals surface area (Å²) in [6.45, 7) is 3.75. The molecular weight excluding hydrogens is 291 g/mol. The number of nitrogens with one attached hydrogen (secondary N) is 1. The third-order valence-electron chi connectivity index (χ3n) is 2.82. The fourth-order valence-corrected chi connectivity index (χ4v) is 2.42. The number of hydrogen-bond acceptors (Lipinski definition) is 3. The largest absolute Gasteiger partial charge is 0.381 e. The van der Waals surface area contributed by atoms with Gasteiger partial charge in [-0.05, 0) is 41.8 Å². The Balaban J connectivity index is 2.13. The predicted octanol–water partition coefficient (Wildman–Crippen LogP) is 3.48. The summed E-state index contributed by atoms with van der Waals surface area (Å²) in [6.07, 6.45) is 3.69. The minimum atomic E-state index is 0.0305. The summed E-state index contributed by atoms with van der Waals surface area (Å²) in [5.41, 5.74) is 0.0305. The zero-order valence-electron chi connectivity index (χ0n) is 9.09. The minimum Gasteiger partial charge on any atom is -0.381 e. The van der Waals surface area contributed by atoms with Crippen LogP contribution in [0.25, 0.3) is 0 Å². The molecule has 88 valence electrons. The van der Waals surface area contributed by atoms with Crippen LogP contribution in [0.2, 0.25) is 5.02 Å². The lowest BCUT2D eigenvalue weighted by atomic mass is 9.92. The minimum absolute atomic E-state index is 0.0305. The summed E-state index contributed by atoms with van der Waals surface area (Å²) >= 11 is 9.46. The number of pyridine rings is 1. The van der Waals surface area contributed by atoms with E-state index in [0.29, 0.717) is 5.02 Å². The normalized spacial score (nSPS) is 19.4. The van der Waals surface area contributed by atoms with E-state index in [1.165, 1.54) is 0 Å². The second-order valence-corrected chi connectivity index (χ2v) is 5.60. The van der Waals surface area contributed by atoms with Crippen LogP contribution in [-0.2, 0) is 4.74 Å². The zero-order chi connectivity index (χ0) is 11.6. The van der Waals surface area contributed by atoms with E-state index in [9.17, 15) is 0 Å². The van der Waals surface area contributed by atoms with Gasteiger partial charge in [-0.3, -0.25) is 0 Å². The van der Waals surface area contributed by atoms with Crippen molar-refractivity contribution in [2.75, 3.05) is 18.5 Å².